The first-order chi connectivity index (χ1) is 21.0. The van der Waals surface area contributed by atoms with E-state index < -0.39 is 5.60 Å². The number of hydrogen-bond acceptors (Lipinski definition) is 11. The highest BCUT2D eigenvalue weighted by Gasteiger charge is 2.15. The van der Waals surface area contributed by atoms with Crippen LogP contribution < -0.4 is 0 Å². The smallest absolute Gasteiger partial charge is 0.332 e. The highest BCUT2D eigenvalue weighted by Crippen LogP contribution is 2.08. The lowest BCUT2D eigenvalue weighted by Gasteiger charge is -2.19. The third-order valence-corrected chi connectivity index (χ3v) is 5.76. The number of unbranched alkanes of at least 4 members (excludes halogenated alkanes) is 7. The van der Waals surface area contributed by atoms with E-state index in [1.807, 2.05) is 20.8 Å². The minimum absolute atomic E-state index is 0.0764. The standard InChI is InChI=1S/C32H64O11/c1-5-6-7-8-9-10-11-12-13-34-14-15-35-16-17-36-18-19-37-20-21-38-22-23-39-24-25-40-26-27-41-28-29-42-30-31(33)43-32(2,3)4/h5-30H2,1-4H3. The van der Waals surface area contributed by atoms with E-state index in [2.05, 4.69) is 6.92 Å². The second-order valence-electron chi connectivity index (χ2n) is 11.0. The summed E-state index contributed by atoms with van der Waals surface area (Å²) in [7, 11) is 0. The molecule has 0 unspecified atom stereocenters. The number of hydrogen-bond donors (Lipinski definition) is 0. The molecule has 43 heavy (non-hydrogen) atoms. The molecule has 0 aliphatic carbocycles. The van der Waals surface area contributed by atoms with Gasteiger partial charge in [0.05, 0.1) is 106 Å². The van der Waals surface area contributed by atoms with Gasteiger partial charge in [-0.3, -0.25) is 0 Å². The minimum Gasteiger partial charge on any atom is -0.458 e. The number of rotatable bonds is 35. The van der Waals surface area contributed by atoms with Crippen molar-refractivity contribution >= 4 is 5.97 Å². The maximum atomic E-state index is 11.5. The summed E-state index contributed by atoms with van der Waals surface area (Å²) in [5.74, 6) is -0.381. The predicted octanol–water partition coefficient (Wildman–Crippen LogP) is 4.62. The van der Waals surface area contributed by atoms with E-state index in [1.165, 1.54) is 44.9 Å². The monoisotopic (exact) mass is 624 g/mol. The van der Waals surface area contributed by atoms with Crippen LogP contribution >= 0.6 is 0 Å². The maximum Gasteiger partial charge on any atom is 0.332 e. The maximum absolute atomic E-state index is 11.5. The van der Waals surface area contributed by atoms with Crippen LogP contribution in [-0.2, 0) is 52.2 Å². The summed E-state index contributed by atoms with van der Waals surface area (Å²) in [5, 5.41) is 0. The van der Waals surface area contributed by atoms with Crippen molar-refractivity contribution in [2.75, 3.05) is 119 Å². The van der Waals surface area contributed by atoms with Gasteiger partial charge in [0.2, 0.25) is 0 Å². The van der Waals surface area contributed by atoms with Crippen molar-refractivity contribution < 1.29 is 52.2 Å². The van der Waals surface area contributed by atoms with Crippen LogP contribution in [0.5, 0.6) is 0 Å². The molecule has 0 rings (SSSR count). The van der Waals surface area contributed by atoms with Crippen LogP contribution in [0.3, 0.4) is 0 Å². The SMILES string of the molecule is CCCCCCCCCCOCCOCCOCCOCCOCCOCCOCCOCCOCC(=O)OC(C)(C)C. The molecule has 11 heteroatoms. The predicted molar refractivity (Wildman–Crippen MR) is 166 cm³/mol. The molecular weight excluding hydrogens is 560 g/mol. The molecule has 0 N–H and O–H groups in total. The molecule has 0 aromatic rings. The molecule has 0 aliphatic rings. The second-order valence-corrected chi connectivity index (χ2v) is 11.0. The van der Waals surface area contributed by atoms with Gasteiger partial charge in [-0.05, 0) is 27.2 Å². The van der Waals surface area contributed by atoms with E-state index in [0.717, 1.165) is 13.0 Å². The van der Waals surface area contributed by atoms with Gasteiger partial charge in [0.25, 0.3) is 0 Å². The van der Waals surface area contributed by atoms with Crippen LogP contribution in [0.1, 0.15) is 79.1 Å². The summed E-state index contributed by atoms with van der Waals surface area (Å²) >= 11 is 0. The fraction of sp³-hybridized carbons (Fsp3) is 0.969. The first kappa shape index (κ1) is 42.1. The first-order valence-corrected chi connectivity index (χ1v) is 16.4. The Bertz CT molecular complexity index is 558. The summed E-state index contributed by atoms with van der Waals surface area (Å²) in [6.07, 6.45) is 10.5. The van der Waals surface area contributed by atoms with Gasteiger partial charge in [-0.15, -0.1) is 0 Å². The highest BCUT2D eigenvalue weighted by molar-refractivity contribution is 5.71. The van der Waals surface area contributed by atoms with Crippen molar-refractivity contribution in [2.24, 2.45) is 0 Å². The van der Waals surface area contributed by atoms with Crippen molar-refractivity contribution in [1.29, 1.82) is 0 Å². The summed E-state index contributed by atoms with van der Waals surface area (Å²) in [6, 6.07) is 0. The highest BCUT2D eigenvalue weighted by atomic mass is 16.6. The molecule has 258 valence electrons. The van der Waals surface area contributed by atoms with E-state index in [4.69, 9.17) is 47.4 Å². The Kier molecular flexibility index (Phi) is 33.3. The van der Waals surface area contributed by atoms with Crippen molar-refractivity contribution in [2.45, 2.75) is 84.7 Å². The number of esters is 1. The van der Waals surface area contributed by atoms with E-state index in [1.54, 1.807) is 0 Å². The Hall–Kier alpha value is -0.890. The van der Waals surface area contributed by atoms with Gasteiger partial charge in [-0.2, -0.15) is 0 Å². The van der Waals surface area contributed by atoms with Gasteiger partial charge in [0, 0.05) is 6.61 Å². The summed E-state index contributed by atoms with van der Waals surface area (Å²) in [4.78, 5) is 11.5. The lowest BCUT2D eigenvalue weighted by atomic mass is 10.1. The first-order valence-electron chi connectivity index (χ1n) is 16.4. The molecule has 0 atom stereocenters. The van der Waals surface area contributed by atoms with Crippen LogP contribution in [0.2, 0.25) is 0 Å². The van der Waals surface area contributed by atoms with Crippen LogP contribution in [0.4, 0.5) is 0 Å². The van der Waals surface area contributed by atoms with Crippen molar-refractivity contribution in [1.82, 2.24) is 0 Å². The topological polar surface area (TPSA) is 109 Å². The summed E-state index contributed by atoms with van der Waals surface area (Å²) in [6.45, 7) is 16.6. The molecule has 0 heterocycles. The Morgan fingerprint density at radius 1 is 0.395 bits per heavy atom. The quantitative estimate of drug-likeness (QED) is 0.0728. The molecule has 11 nitrogen and oxygen atoms in total. The molecule has 0 aromatic carbocycles. The molecule has 0 spiro atoms. The van der Waals surface area contributed by atoms with E-state index in [9.17, 15) is 4.79 Å². The largest absolute Gasteiger partial charge is 0.458 e. The van der Waals surface area contributed by atoms with Gasteiger partial charge in [-0.1, -0.05) is 51.9 Å². The van der Waals surface area contributed by atoms with Gasteiger partial charge < -0.3 is 47.4 Å². The molecule has 0 saturated carbocycles. The molecule has 0 aromatic heterocycles. The lowest BCUT2D eigenvalue weighted by Crippen LogP contribution is -2.27. The van der Waals surface area contributed by atoms with Gasteiger partial charge in [0.1, 0.15) is 12.2 Å². The molecular formula is C32H64O11. The second kappa shape index (κ2) is 34.0. The number of carbonyl (C=O) groups is 1. The van der Waals surface area contributed by atoms with Crippen molar-refractivity contribution in [3.8, 4) is 0 Å². The molecule has 0 bridgehead atoms. The van der Waals surface area contributed by atoms with E-state index in [-0.39, 0.29) is 12.6 Å². The third-order valence-electron chi connectivity index (χ3n) is 5.76. The van der Waals surface area contributed by atoms with Crippen LogP contribution in [-0.4, -0.2) is 130 Å². The Morgan fingerprint density at radius 2 is 0.674 bits per heavy atom. The molecule has 0 fully saturated rings. The zero-order valence-corrected chi connectivity index (χ0v) is 27.9. The van der Waals surface area contributed by atoms with Gasteiger partial charge in [0.15, 0.2) is 0 Å². The zero-order valence-electron chi connectivity index (χ0n) is 27.9. The molecule has 0 amide bonds. The van der Waals surface area contributed by atoms with Crippen molar-refractivity contribution in [3.63, 3.8) is 0 Å². The summed E-state index contributed by atoms with van der Waals surface area (Å²) < 4.78 is 54.2. The zero-order chi connectivity index (χ0) is 31.5. The molecule has 0 radical (unpaired) electrons. The van der Waals surface area contributed by atoms with Gasteiger partial charge in [-0.25, -0.2) is 4.79 Å². The van der Waals surface area contributed by atoms with Crippen molar-refractivity contribution in [3.05, 3.63) is 0 Å². The van der Waals surface area contributed by atoms with Crippen LogP contribution in [0, 0.1) is 0 Å². The van der Waals surface area contributed by atoms with E-state index >= 15 is 0 Å². The molecule has 0 saturated heterocycles. The van der Waals surface area contributed by atoms with Gasteiger partial charge >= 0.3 is 5.97 Å². The molecule has 0 aliphatic heterocycles. The average molecular weight is 625 g/mol. The van der Waals surface area contributed by atoms with Crippen LogP contribution in [0.15, 0.2) is 0 Å². The minimum atomic E-state index is -0.505. The third kappa shape index (κ3) is 39.1. The van der Waals surface area contributed by atoms with E-state index in [0.29, 0.717) is 106 Å². The Morgan fingerprint density at radius 3 is 1.00 bits per heavy atom. The fourth-order valence-electron chi connectivity index (χ4n) is 3.62. The number of ether oxygens (including phenoxy) is 10. The van der Waals surface area contributed by atoms with Crippen LogP contribution in [0.25, 0.3) is 0 Å². The fourth-order valence-corrected chi connectivity index (χ4v) is 3.62. The Balaban J connectivity index is 3.09. The Labute approximate surface area is 261 Å². The average Bonchev–Trinajstić information content (AvgIpc) is 2.96. The number of carbonyl (C=O) groups excluding carboxylic acids is 1. The lowest BCUT2D eigenvalue weighted by molar-refractivity contribution is -0.160. The summed E-state index contributed by atoms with van der Waals surface area (Å²) in [5.41, 5.74) is -0.505. The normalized spacial score (nSPS) is 11.8.